The van der Waals surface area contributed by atoms with Gasteiger partial charge in [-0.1, -0.05) is 48.0 Å². The van der Waals surface area contributed by atoms with E-state index >= 15 is 0 Å². The quantitative estimate of drug-likeness (QED) is 0.312. The zero-order valence-electron chi connectivity index (χ0n) is 15.5. The molecule has 1 aromatic heterocycles. The molecule has 0 unspecified atom stereocenters. The van der Waals surface area contributed by atoms with Crippen molar-refractivity contribution in [1.29, 1.82) is 0 Å². The summed E-state index contributed by atoms with van der Waals surface area (Å²) in [7, 11) is 0. The fourth-order valence-electron chi connectivity index (χ4n) is 2.99. The summed E-state index contributed by atoms with van der Waals surface area (Å²) in [6, 6.07) is 20.7. The van der Waals surface area contributed by atoms with Crippen LogP contribution in [0.15, 0.2) is 77.2 Å². The van der Waals surface area contributed by atoms with Gasteiger partial charge >= 0.3 is 0 Å². The van der Waals surface area contributed by atoms with Crippen molar-refractivity contribution in [1.82, 2.24) is 0 Å². The molecule has 0 aliphatic rings. The Kier molecular flexibility index (Phi) is 5.36. The molecule has 0 saturated heterocycles. The van der Waals surface area contributed by atoms with Crippen LogP contribution in [0.25, 0.3) is 10.8 Å². The summed E-state index contributed by atoms with van der Waals surface area (Å²) in [6.45, 7) is 0.127. The van der Waals surface area contributed by atoms with Gasteiger partial charge in [0.1, 0.15) is 23.8 Å². The number of amides is 1. The number of halogens is 1. The molecule has 8 heteroatoms. The van der Waals surface area contributed by atoms with Crippen molar-refractivity contribution in [2.75, 3.05) is 5.32 Å². The first-order valence-electron chi connectivity index (χ1n) is 8.96. The van der Waals surface area contributed by atoms with Crippen LogP contribution in [0.1, 0.15) is 16.3 Å². The van der Waals surface area contributed by atoms with Gasteiger partial charge < -0.3 is 14.5 Å². The number of nitro benzene ring substituents is 1. The molecule has 0 fully saturated rings. The summed E-state index contributed by atoms with van der Waals surface area (Å²) >= 11 is 5.79. The second-order valence-corrected chi connectivity index (χ2v) is 6.84. The number of fused-ring (bicyclic) bond motifs is 1. The minimum Gasteiger partial charge on any atom is -0.485 e. The number of hydrogen-bond acceptors (Lipinski definition) is 5. The molecule has 0 bridgehead atoms. The number of hydrogen-bond donors (Lipinski definition) is 1. The standard InChI is InChI=1S/C22H15ClN2O5/c23-15-8-10-18(19(12-15)25(27)28)24-22(26)21-11-9-16(30-21)13-29-20-7-3-5-14-4-1-2-6-17(14)20/h1-12H,13H2,(H,24,26). The van der Waals surface area contributed by atoms with Gasteiger partial charge in [0.05, 0.1) is 4.92 Å². The van der Waals surface area contributed by atoms with Gasteiger partial charge in [0.25, 0.3) is 11.6 Å². The van der Waals surface area contributed by atoms with Crippen molar-refractivity contribution in [2.24, 2.45) is 0 Å². The Morgan fingerprint density at radius 1 is 1.07 bits per heavy atom. The summed E-state index contributed by atoms with van der Waals surface area (Å²) in [4.78, 5) is 23.0. The Balaban J connectivity index is 1.46. The van der Waals surface area contributed by atoms with Crippen LogP contribution < -0.4 is 10.1 Å². The van der Waals surface area contributed by atoms with Crippen LogP contribution in [-0.4, -0.2) is 10.8 Å². The largest absolute Gasteiger partial charge is 0.485 e. The van der Waals surface area contributed by atoms with E-state index in [2.05, 4.69) is 5.32 Å². The zero-order chi connectivity index (χ0) is 21.1. The monoisotopic (exact) mass is 422 g/mol. The number of anilines is 1. The van der Waals surface area contributed by atoms with Gasteiger partial charge in [0.2, 0.25) is 0 Å². The molecule has 0 saturated carbocycles. The lowest BCUT2D eigenvalue weighted by Gasteiger charge is -2.08. The predicted molar refractivity (Wildman–Crippen MR) is 113 cm³/mol. The fourth-order valence-corrected chi connectivity index (χ4v) is 3.16. The van der Waals surface area contributed by atoms with Gasteiger partial charge in [-0.15, -0.1) is 0 Å². The second-order valence-electron chi connectivity index (χ2n) is 6.40. The Labute approximate surface area is 176 Å². The van der Waals surface area contributed by atoms with E-state index in [9.17, 15) is 14.9 Å². The summed E-state index contributed by atoms with van der Waals surface area (Å²) in [5.41, 5.74) is -0.277. The summed E-state index contributed by atoms with van der Waals surface area (Å²) in [6.07, 6.45) is 0. The van der Waals surface area contributed by atoms with Crippen LogP contribution in [-0.2, 0) is 6.61 Å². The molecule has 4 rings (SSSR count). The number of carbonyl (C=O) groups is 1. The van der Waals surface area contributed by atoms with E-state index in [-0.39, 0.29) is 28.8 Å². The number of nitrogens with zero attached hydrogens (tertiary/aromatic N) is 1. The molecule has 1 N–H and O–H groups in total. The summed E-state index contributed by atoms with van der Waals surface area (Å²) in [5, 5.41) is 15.9. The Bertz CT molecular complexity index is 1250. The fraction of sp³-hybridized carbons (Fsp3) is 0.0455. The van der Waals surface area contributed by atoms with E-state index in [0.29, 0.717) is 11.5 Å². The van der Waals surface area contributed by atoms with E-state index in [1.54, 1.807) is 6.07 Å². The average molecular weight is 423 g/mol. The van der Waals surface area contributed by atoms with Gasteiger partial charge in [-0.05, 0) is 35.7 Å². The maximum Gasteiger partial charge on any atom is 0.294 e. The first-order valence-corrected chi connectivity index (χ1v) is 9.33. The smallest absolute Gasteiger partial charge is 0.294 e. The zero-order valence-corrected chi connectivity index (χ0v) is 16.3. The van der Waals surface area contributed by atoms with Crippen molar-refractivity contribution in [3.8, 4) is 5.75 Å². The normalized spacial score (nSPS) is 10.7. The van der Waals surface area contributed by atoms with Crippen LogP contribution in [0.2, 0.25) is 5.02 Å². The molecule has 0 aliphatic carbocycles. The highest BCUT2D eigenvalue weighted by Gasteiger charge is 2.19. The number of benzene rings is 3. The van der Waals surface area contributed by atoms with Crippen LogP contribution in [0, 0.1) is 10.1 Å². The van der Waals surface area contributed by atoms with E-state index in [1.165, 1.54) is 24.3 Å². The van der Waals surface area contributed by atoms with Gasteiger partial charge in [0.15, 0.2) is 5.76 Å². The van der Waals surface area contributed by atoms with Crippen molar-refractivity contribution < 1.29 is 18.9 Å². The molecule has 0 spiro atoms. The van der Waals surface area contributed by atoms with E-state index in [4.69, 9.17) is 20.8 Å². The number of carbonyl (C=O) groups excluding carboxylic acids is 1. The van der Waals surface area contributed by atoms with E-state index in [0.717, 1.165) is 10.8 Å². The Morgan fingerprint density at radius 3 is 2.70 bits per heavy atom. The highest BCUT2D eigenvalue weighted by Crippen LogP contribution is 2.29. The van der Waals surface area contributed by atoms with Crippen molar-refractivity contribution in [3.63, 3.8) is 0 Å². The second kappa shape index (κ2) is 8.26. The lowest BCUT2D eigenvalue weighted by atomic mass is 10.1. The highest BCUT2D eigenvalue weighted by molar-refractivity contribution is 6.31. The van der Waals surface area contributed by atoms with Crippen molar-refractivity contribution >= 4 is 39.7 Å². The third-order valence-electron chi connectivity index (χ3n) is 4.41. The van der Waals surface area contributed by atoms with Gasteiger partial charge in [0, 0.05) is 16.5 Å². The van der Waals surface area contributed by atoms with Gasteiger partial charge in [-0.25, -0.2) is 0 Å². The van der Waals surface area contributed by atoms with E-state index < -0.39 is 10.8 Å². The van der Waals surface area contributed by atoms with Crippen LogP contribution >= 0.6 is 11.6 Å². The molecule has 0 atom stereocenters. The lowest BCUT2D eigenvalue weighted by molar-refractivity contribution is -0.383. The number of rotatable bonds is 6. The van der Waals surface area contributed by atoms with E-state index in [1.807, 2.05) is 42.5 Å². The molecule has 0 aliphatic heterocycles. The number of furan rings is 1. The molecule has 4 aromatic rings. The maximum absolute atomic E-state index is 12.4. The summed E-state index contributed by atoms with van der Waals surface area (Å²) < 4.78 is 11.4. The molecular weight excluding hydrogens is 408 g/mol. The molecular formula is C22H15ClN2O5. The van der Waals surface area contributed by atoms with Crippen molar-refractivity contribution in [3.05, 3.63) is 99.5 Å². The average Bonchev–Trinajstić information content (AvgIpc) is 3.22. The Hall–Kier alpha value is -3.84. The summed E-state index contributed by atoms with van der Waals surface area (Å²) in [5.74, 6) is 0.540. The molecule has 7 nitrogen and oxygen atoms in total. The first kappa shape index (κ1) is 19.5. The minimum absolute atomic E-state index is 0.00997. The van der Waals surface area contributed by atoms with Crippen molar-refractivity contribution in [2.45, 2.75) is 6.61 Å². The molecule has 0 radical (unpaired) electrons. The lowest BCUT2D eigenvalue weighted by Crippen LogP contribution is -2.12. The number of nitrogens with one attached hydrogen (secondary N) is 1. The highest BCUT2D eigenvalue weighted by atomic mass is 35.5. The molecule has 150 valence electrons. The molecule has 30 heavy (non-hydrogen) atoms. The van der Waals surface area contributed by atoms with Crippen LogP contribution in [0.3, 0.4) is 0 Å². The Morgan fingerprint density at radius 2 is 1.87 bits per heavy atom. The first-order chi connectivity index (χ1) is 14.5. The third kappa shape index (κ3) is 4.11. The predicted octanol–water partition coefficient (Wildman–Crippen LogP) is 5.83. The third-order valence-corrected chi connectivity index (χ3v) is 4.64. The van der Waals surface area contributed by atoms with Gasteiger partial charge in [-0.2, -0.15) is 0 Å². The number of ether oxygens (including phenoxy) is 1. The topological polar surface area (TPSA) is 94.6 Å². The minimum atomic E-state index is -0.618. The molecule has 1 amide bonds. The molecule has 1 heterocycles. The van der Waals surface area contributed by atoms with Gasteiger partial charge in [-0.3, -0.25) is 14.9 Å². The molecule has 3 aromatic carbocycles. The van der Waals surface area contributed by atoms with Crippen LogP contribution in [0.4, 0.5) is 11.4 Å². The number of nitro groups is 1. The SMILES string of the molecule is O=C(Nc1ccc(Cl)cc1[N+](=O)[O-])c1ccc(COc2cccc3ccccc23)o1. The maximum atomic E-state index is 12.4. The van der Waals surface area contributed by atoms with Crippen LogP contribution in [0.5, 0.6) is 5.75 Å².